The van der Waals surface area contributed by atoms with Gasteiger partial charge in [-0.05, 0) is 36.4 Å². The molecule has 0 saturated carbocycles. The van der Waals surface area contributed by atoms with Crippen LogP contribution in [0.15, 0.2) is 65.3 Å². The fraction of sp³-hybridized carbons (Fsp3) is 0.217. The van der Waals surface area contributed by atoms with Crippen LogP contribution < -0.4 is 25.0 Å². The number of carbonyl (C=O) groups excluding carboxylic acids is 2. The molecule has 3 rings (SSSR count). The lowest BCUT2D eigenvalue weighted by Crippen LogP contribution is -2.31. The Labute approximate surface area is 180 Å². The zero-order chi connectivity index (χ0) is 22.2. The molecule has 2 aromatic carbocycles. The van der Waals surface area contributed by atoms with E-state index in [-0.39, 0.29) is 24.9 Å². The van der Waals surface area contributed by atoms with Crippen LogP contribution in [0, 0.1) is 0 Å². The molecule has 2 N–H and O–H groups in total. The summed E-state index contributed by atoms with van der Waals surface area (Å²) in [5.41, 5.74) is 1.60. The standard InChI is InChI=1S/C23H25N3O5/c1-26(16-10-11-20(29-2)21(13-16)30-3)15-22(27)25-19-9-5-4-8-18(19)23(28)24-14-17-7-6-12-31-17/h4-13H,14-15H2,1-3H3,(H,24,28)(H,25,27). The Bertz CT molecular complexity index is 1030. The van der Waals surface area contributed by atoms with Crippen molar-refractivity contribution in [2.75, 3.05) is 38.0 Å². The first kappa shape index (κ1) is 21.8. The second kappa shape index (κ2) is 10.2. The highest BCUT2D eigenvalue weighted by atomic mass is 16.5. The summed E-state index contributed by atoms with van der Waals surface area (Å²) in [7, 11) is 4.92. The van der Waals surface area contributed by atoms with E-state index in [1.165, 1.54) is 0 Å². The lowest BCUT2D eigenvalue weighted by Gasteiger charge is -2.20. The average molecular weight is 423 g/mol. The molecule has 0 radical (unpaired) electrons. The van der Waals surface area contributed by atoms with E-state index in [9.17, 15) is 9.59 Å². The Hall–Kier alpha value is -3.94. The van der Waals surface area contributed by atoms with Crippen LogP contribution in [0.2, 0.25) is 0 Å². The maximum Gasteiger partial charge on any atom is 0.253 e. The number of furan rings is 1. The van der Waals surface area contributed by atoms with Crippen molar-refractivity contribution in [1.29, 1.82) is 0 Å². The minimum atomic E-state index is -0.305. The molecule has 0 aliphatic rings. The summed E-state index contributed by atoms with van der Waals surface area (Å²) in [5, 5.41) is 5.60. The number of benzene rings is 2. The molecule has 1 heterocycles. The molecule has 0 saturated heterocycles. The largest absolute Gasteiger partial charge is 0.493 e. The highest BCUT2D eigenvalue weighted by Gasteiger charge is 2.15. The number of hydrogen-bond donors (Lipinski definition) is 2. The number of nitrogens with zero attached hydrogens (tertiary/aromatic N) is 1. The summed E-state index contributed by atoms with van der Waals surface area (Å²) in [4.78, 5) is 27.0. The number of ether oxygens (including phenoxy) is 2. The Morgan fingerprint density at radius 2 is 1.77 bits per heavy atom. The minimum Gasteiger partial charge on any atom is -0.493 e. The topological polar surface area (TPSA) is 93.0 Å². The van der Waals surface area contributed by atoms with Crippen LogP contribution in [-0.2, 0) is 11.3 Å². The fourth-order valence-corrected chi connectivity index (χ4v) is 3.02. The second-order valence-corrected chi connectivity index (χ2v) is 6.75. The minimum absolute atomic E-state index is 0.0812. The summed E-state index contributed by atoms with van der Waals surface area (Å²) >= 11 is 0. The summed E-state index contributed by atoms with van der Waals surface area (Å²) in [5.74, 6) is 1.26. The van der Waals surface area contributed by atoms with Crippen LogP contribution in [0.4, 0.5) is 11.4 Å². The summed E-state index contributed by atoms with van der Waals surface area (Å²) in [6.07, 6.45) is 1.55. The fourth-order valence-electron chi connectivity index (χ4n) is 3.02. The van der Waals surface area contributed by atoms with Gasteiger partial charge in [-0.25, -0.2) is 0 Å². The highest BCUT2D eigenvalue weighted by Crippen LogP contribution is 2.31. The molecular formula is C23H25N3O5. The van der Waals surface area contributed by atoms with Gasteiger partial charge < -0.3 is 29.4 Å². The zero-order valence-electron chi connectivity index (χ0n) is 17.7. The van der Waals surface area contributed by atoms with Gasteiger partial charge in [0.1, 0.15) is 5.76 Å². The van der Waals surface area contributed by atoms with Crippen molar-refractivity contribution >= 4 is 23.2 Å². The SMILES string of the molecule is COc1ccc(N(C)CC(=O)Nc2ccccc2C(=O)NCc2ccco2)cc1OC. The lowest BCUT2D eigenvalue weighted by molar-refractivity contribution is -0.114. The number of likely N-dealkylation sites (N-methyl/N-ethyl adjacent to an activating group) is 1. The Morgan fingerprint density at radius 1 is 1.00 bits per heavy atom. The van der Waals surface area contributed by atoms with Gasteiger partial charge >= 0.3 is 0 Å². The number of methoxy groups -OCH3 is 2. The van der Waals surface area contributed by atoms with Crippen molar-refractivity contribution in [3.8, 4) is 11.5 Å². The summed E-state index contributed by atoms with van der Waals surface area (Å²) < 4.78 is 15.8. The number of hydrogen-bond acceptors (Lipinski definition) is 6. The van der Waals surface area contributed by atoms with Gasteiger partial charge in [0.15, 0.2) is 11.5 Å². The molecule has 0 fully saturated rings. The smallest absolute Gasteiger partial charge is 0.253 e. The van der Waals surface area contributed by atoms with E-state index >= 15 is 0 Å². The molecule has 1 aromatic heterocycles. The number of nitrogens with one attached hydrogen (secondary N) is 2. The molecule has 0 bridgehead atoms. The first-order chi connectivity index (χ1) is 15.0. The summed E-state index contributed by atoms with van der Waals surface area (Å²) in [6.45, 7) is 0.341. The summed E-state index contributed by atoms with van der Waals surface area (Å²) in [6, 6.07) is 15.8. The van der Waals surface area contributed by atoms with Gasteiger partial charge in [0, 0.05) is 18.8 Å². The lowest BCUT2D eigenvalue weighted by atomic mass is 10.1. The van der Waals surface area contributed by atoms with Crippen molar-refractivity contribution in [3.63, 3.8) is 0 Å². The molecule has 8 nitrogen and oxygen atoms in total. The van der Waals surface area contributed by atoms with Crippen LogP contribution in [0.25, 0.3) is 0 Å². The molecule has 31 heavy (non-hydrogen) atoms. The van der Waals surface area contributed by atoms with E-state index in [0.29, 0.717) is 28.5 Å². The molecule has 0 atom stereocenters. The van der Waals surface area contributed by atoms with Gasteiger partial charge in [-0.1, -0.05) is 12.1 Å². The quantitative estimate of drug-likeness (QED) is 0.549. The maximum atomic E-state index is 12.6. The highest BCUT2D eigenvalue weighted by molar-refractivity contribution is 6.04. The monoisotopic (exact) mass is 423 g/mol. The van der Waals surface area contributed by atoms with Crippen LogP contribution in [0.3, 0.4) is 0 Å². The number of para-hydroxylation sites is 1. The Balaban J connectivity index is 1.64. The molecule has 0 aliphatic carbocycles. The van der Waals surface area contributed by atoms with E-state index in [1.807, 2.05) is 6.07 Å². The number of carbonyl (C=O) groups is 2. The van der Waals surface area contributed by atoms with Gasteiger partial charge in [0.25, 0.3) is 5.91 Å². The first-order valence-corrected chi connectivity index (χ1v) is 9.64. The molecule has 2 amide bonds. The number of amides is 2. The molecule has 0 spiro atoms. The van der Waals surface area contributed by atoms with E-state index in [4.69, 9.17) is 13.9 Å². The Kier molecular flexibility index (Phi) is 7.16. The molecule has 0 aliphatic heterocycles. The van der Waals surface area contributed by atoms with Gasteiger partial charge in [-0.15, -0.1) is 0 Å². The molecule has 0 unspecified atom stereocenters. The van der Waals surface area contributed by atoms with Crippen molar-refractivity contribution < 1.29 is 23.5 Å². The third-order valence-electron chi connectivity index (χ3n) is 4.64. The van der Waals surface area contributed by atoms with Gasteiger partial charge in [-0.3, -0.25) is 9.59 Å². The van der Waals surface area contributed by atoms with Gasteiger partial charge in [0.2, 0.25) is 5.91 Å². The van der Waals surface area contributed by atoms with E-state index in [1.54, 1.807) is 81.0 Å². The predicted octanol–water partition coefficient (Wildman–Crippen LogP) is 3.30. The van der Waals surface area contributed by atoms with Gasteiger partial charge in [-0.2, -0.15) is 0 Å². The first-order valence-electron chi connectivity index (χ1n) is 9.64. The zero-order valence-corrected chi connectivity index (χ0v) is 17.7. The van der Waals surface area contributed by atoms with Crippen molar-refractivity contribution in [1.82, 2.24) is 5.32 Å². The van der Waals surface area contributed by atoms with Crippen LogP contribution in [0.5, 0.6) is 11.5 Å². The average Bonchev–Trinajstić information content (AvgIpc) is 3.31. The van der Waals surface area contributed by atoms with Crippen LogP contribution in [-0.4, -0.2) is 39.6 Å². The van der Waals surface area contributed by atoms with E-state index in [2.05, 4.69) is 10.6 Å². The van der Waals surface area contributed by atoms with E-state index < -0.39 is 0 Å². The maximum absolute atomic E-state index is 12.6. The van der Waals surface area contributed by atoms with Crippen molar-refractivity contribution in [2.24, 2.45) is 0 Å². The normalized spacial score (nSPS) is 10.3. The molecular weight excluding hydrogens is 398 g/mol. The third kappa shape index (κ3) is 5.57. The van der Waals surface area contributed by atoms with E-state index in [0.717, 1.165) is 5.69 Å². The predicted molar refractivity (Wildman–Crippen MR) is 118 cm³/mol. The molecule has 162 valence electrons. The Morgan fingerprint density at radius 3 is 2.48 bits per heavy atom. The van der Waals surface area contributed by atoms with Gasteiger partial charge in [0.05, 0.1) is 44.8 Å². The second-order valence-electron chi connectivity index (χ2n) is 6.75. The molecule has 8 heteroatoms. The third-order valence-corrected chi connectivity index (χ3v) is 4.64. The molecule has 3 aromatic rings. The number of rotatable bonds is 9. The van der Waals surface area contributed by atoms with Crippen molar-refractivity contribution in [2.45, 2.75) is 6.54 Å². The van der Waals surface area contributed by atoms with Crippen molar-refractivity contribution in [3.05, 3.63) is 72.2 Å². The number of anilines is 2. The van der Waals surface area contributed by atoms with Crippen LogP contribution in [0.1, 0.15) is 16.1 Å². The van der Waals surface area contributed by atoms with Crippen LogP contribution >= 0.6 is 0 Å².